The molecule has 0 atom stereocenters. The van der Waals surface area contributed by atoms with Crippen LogP contribution in [-0.4, -0.2) is 35.0 Å². The van der Waals surface area contributed by atoms with Gasteiger partial charge in [0.15, 0.2) is 5.13 Å². The van der Waals surface area contributed by atoms with Crippen LogP contribution < -0.4 is 10.6 Å². The zero-order valence-electron chi connectivity index (χ0n) is 13.3. The molecule has 0 bridgehead atoms. The van der Waals surface area contributed by atoms with Crippen LogP contribution in [0.3, 0.4) is 0 Å². The Morgan fingerprint density at radius 1 is 1.30 bits per heavy atom. The molecule has 122 valence electrons. The predicted molar refractivity (Wildman–Crippen MR) is 93.7 cm³/mol. The van der Waals surface area contributed by atoms with E-state index >= 15 is 0 Å². The zero-order valence-corrected chi connectivity index (χ0v) is 14.1. The molecule has 2 amide bonds. The number of aryl methyl sites for hydroxylation is 1. The third kappa shape index (κ3) is 4.77. The number of nitrogens with zero attached hydrogens (tertiary/aromatic N) is 2. The zero-order chi connectivity index (χ0) is 16.1. The molecular weight excluding hydrogens is 308 g/mol. The Labute approximate surface area is 140 Å². The number of benzene rings is 1. The molecule has 1 aliphatic rings. The van der Waals surface area contributed by atoms with E-state index in [1.54, 1.807) is 0 Å². The summed E-state index contributed by atoms with van der Waals surface area (Å²) in [6.45, 7) is 4.92. The predicted octanol–water partition coefficient (Wildman–Crippen LogP) is 3.24. The number of amides is 2. The highest BCUT2D eigenvalue weighted by Gasteiger charge is 2.20. The fraction of sp³-hybridized carbons (Fsp3) is 0.412. The Morgan fingerprint density at radius 3 is 2.70 bits per heavy atom. The van der Waals surface area contributed by atoms with Crippen molar-refractivity contribution < 1.29 is 4.79 Å². The maximum atomic E-state index is 12.0. The summed E-state index contributed by atoms with van der Waals surface area (Å²) in [6, 6.07) is 10.6. The SMILES string of the molecule is Cc1csc(NC(=O)NC2CCN(Cc3ccccc3)CC2)n1. The average molecular weight is 330 g/mol. The summed E-state index contributed by atoms with van der Waals surface area (Å²) in [5.41, 5.74) is 2.27. The summed E-state index contributed by atoms with van der Waals surface area (Å²) >= 11 is 1.45. The van der Waals surface area contributed by atoms with Crippen LogP contribution in [0.2, 0.25) is 0 Å². The van der Waals surface area contributed by atoms with Crippen molar-refractivity contribution in [2.45, 2.75) is 32.4 Å². The van der Waals surface area contributed by atoms with Gasteiger partial charge in [0.2, 0.25) is 0 Å². The molecule has 2 heterocycles. The molecule has 3 rings (SSSR count). The van der Waals surface area contributed by atoms with Gasteiger partial charge in [0, 0.05) is 31.1 Å². The maximum absolute atomic E-state index is 12.0. The van der Waals surface area contributed by atoms with Crippen LogP contribution in [-0.2, 0) is 6.54 Å². The van der Waals surface area contributed by atoms with Crippen molar-refractivity contribution in [2.24, 2.45) is 0 Å². The first kappa shape index (κ1) is 16.0. The second kappa shape index (κ2) is 7.57. The lowest BCUT2D eigenvalue weighted by atomic mass is 10.0. The Morgan fingerprint density at radius 2 is 2.04 bits per heavy atom. The smallest absolute Gasteiger partial charge is 0.321 e. The topological polar surface area (TPSA) is 57.3 Å². The first-order chi connectivity index (χ1) is 11.2. The van der Waals surface area contributed by atoms with Crippen LogP contribution in [0.4, 0.5) is 9.93 Å². The summed E-state index contributed by atoms with van der Waals surface area (Å²) < 4.78 is 0. The van der Waals surface area contributed by atoms with Crippen LogP contribution >= 0.6 is 11.3 Å². The van der Waals surface area contributed by atoms with Crippen molar-refractivity contribution in [2.75, 3.05) is 18.4 Å². The summed E-state index contributed by atoms with van der Waals surface area (Å²) in [6.07, 6.45) is 1.97. The van der Waals surface area contributed by atoms with E-state index in [9.17, 15) is 4.79 Å². The van der Waals surface area contributed by atoms with E-state index in [4.69, 9.17) is 0 Å². The monoisotopic (exact) mass is 330 g/mol. The van der Waals surface area contributed by atoms with E-state index in [0.717, 1.165) is 38.2 Å². The number of piperidine rings is 1. The molecule has 0 radical (unpaired) electrons. The standard InChI is InChI=1S/C17H22N4OS/c1-13-12-23-17(18-13)20-16(22)19-15-7-9-21(10-8-15)11-14-5-3-2-4-6-14/h2-6,12,15H,7-11H2,1H3,(H2,18,19,20,22). The molecule has 1 aliphatic heterocycles. The van der Waals surface area contributed by atoms with Gasteiger partial charge in [-0.25, -0.2) is 9.78 Å². The van der Waals surface area contributed by atoms with E-state index in [1.165, 1.54) is 16.9 Å². The molecule has 1 aromatic heterocycles. The molecule has 1 saturated heterocycles. The second-order valence-electron chi connectivity index (χ2n) is 5.93. The van der Waals surface area contributed by atoms with Crippen molar-refractivity contribution in [3.05, 3.63) is 47.0 Å². The van der Waals surface area contributed by atoms with Gasteiger partial charge in [-0.05, 0) is 25.3 Å². The van der Waals surface area contributed by atoms with E-state index in [1.807, 2.05) is 18.4 Å². The lowest BCUT2D eigenvalue weighted by Gasteiger charge is -2.32. The first-order valence-electron chi connectivity index (χ1n) is 7.95. The molecular formula is C17H22N4OS. The minimum atomic E-state index is -0.152. The van der Waals surface area contributed by atoms with Gasteiger partial charge in [0.1, 0.15) is 0 Å². The summed E-state index contributed by atoms with van der Waals surface area (Å²) in [5, 5.41) is 8.44. The normalized spacial score (nSPS) is 16.2. The molecule has 6 heteroatoms. The van der Waals surface area contributed by atoms with E-state index in [2.05, 4.69) is 44.8 Å². The average Bonchev–Trinajstić information content (AvgIpc) is 2.95. The molecule has 5 nitrogen and oxygen atoms in total. The summed E-state index contributed by atoms with van der Waals surface area (Å²) in [5.74, 6) is 0. The number of likely N-dealkylation sites (tertiary alicyclic amines) is 1. The van der Waals surface area contributed by atoms with Crippen molar-refractivity contribution >= 4 is 22.5 Å². The summed E-state index contributed by atoms with van der Waals surface area (Å²) in [4.78, 5) is 18.7. The fourth-order valence-corrected chi connectivity index (χ4v) is 3.49. The third-order valence-corrected chi connectivity index (χ3v) is 4.89. The molecule has 23 heavy (non-hydrogen) atoms. The number of hydrogen-bond acceptors (Lipinski definition) is 4. The van der Waals surface area contributed by atoms with E-state index < -0.39 is 0 Å². The number of urea groups is 1. The number of rotatable bonds is 4. The van der Waals surface area contributed by atoms with Crippen molar-refractivity contribution in [1.29, 1.82) is 0 Å². The maximum Gasteiger partial charge on any atom is 0.321 e. The molecule has 0 aliphatic carbocycles. The van der Waals surface area contributed by atoms with Crippen molar-refractivity contribution in [3.8, 4) is 0 Å². The van der Waals surface area contributed by atoms with Gasteiger partial charge >= 0.3 is 6.03 Å². The first-order valence-corrected chi connectivity index (χ1v) is 8.83. The second-order valence-corrected chi connectivity index (χ2v) is 6.79. The van der Waals surface area contributed by atoms with Crippen LogP contribution in [0.1, 0.15) is 24.1 Å². The molecule has 0 unspecified atom stereocenters. The third-order valence-electron chi connectivity index (χ3n) is 4.01. The van der Waals surface area contributed by atoms with Crippen molar-refractivity contribution in [3.63, 3.8) is 0 Å². The highest BCUT2D eigenvalue weighted by atomic mass is 32.1. The van der Waals surface area contributed by atoms with Gasteiger partial charge in [-0.1, -0.05) is 30.3 Å². The Balaban J connectivity index is 1.41. The number of carbonyl (C=O) groups is 1. The van der Waals surface area contributed by atoms with Gasteiger partial charge in [-0.2, -0.15) is 0 Å². The number of nitrogens with one attached hydrogen (secondary N) is 2. The largest absolute Gasteiger partial charge is 0.335 e. The summed E-state index contributed by atoms with van der Waals surface area (Å²) in [7, 11) is 0. The van der Waals surface area contributed by atoms with E-state index in [-0.39, 0.29) is 12.1 Å². The highest BCUT2D eigenvalue weighted by Crippen LogP contribution is 2.16. The van der Waals surface area contributed by atoms with Crippen molar-refractivity contribution in [1.82, 2.24) is 15.2 Å². The van der Waals surface area contributed by atoms with Crippen LogP contribution in [0, 0.1) is 6.92 Å². The van der Waals surface area contributed by atoms with Crippen LogP contribution in [0.5, 0.6) is 0 Å². The number of carbonyl (C=O) groups excluding carboxylic acids is 1. The highest BCUT2D eigenvalue weighted by molar-refractivity contribution is 7.13. The van der Waals surface area contributed by atoms with E-state index in [0.29, 0.717) is 5.13 Å². The number of thiazole rings is 1. The quantitative estimate of drug-likeness (QED) is 0.905. The van der Waals surface area contributed by atoms with Crippen LogP contribution in [0.15, 0.2) is 35.7 Å². The lowest BCUT2D eigenvalue weighted by molar-refractivity contribution is 0.190. The number of anilines is 1. The van der Waals surface area contributed by atoms with Crippen LogP contribution in [0.25, 0.3) is 0 Å². The molecule has 1 fully saturated rings. The van der Waals surface area contributed by atoms with Gasteiger partial charge in [-0.15, -0.1) is 11.3 Å². The minimum Gasteiger partial charge on any atom is -0.335 e. The fourth-order valence-electron chi connectivity index (χ4n) is 2.81. The lowest BCUT2D eigenvalue weighted by Crippen LogP contribution is -2.45. The van der Waals surface area contributed by atoms with Gasteiger partial charge in [0.25, 0.3) is 0 Å². The van der Waals surface area contributed by atoms with Gasteiger partial charge < -0.3 is 5.32 Å². The molecule has 0 spiro atoms. The molecule has 0 saturated carbocycles. The molecule has 2 N–H and O–H groups in total. The Bertz CT molecular complexity index is 635. The Hall–Kier alpha value is -1.92. The minimum absolute atomic E-state index is 0.152. The Kier molecular flexibility index (Phi) is 5.25. The molecule has 1 aromatic carbocycles. The molecule has 2 aromatic rings. The van der Waals surface area contributed by atoms with Gasteiger partial charge in [0.05, 0.1) is 5.69 Å². The number of aromatic nitrogens is 1. The van der Waals surface area contributed by atoms with Gasteiger partial charge in [-0.3, -0.25) is 10.2 Å². The number of hydrogen-bond donors (Lipinski definition) is 2.